The van der Waals surface area contributed by atoms with E-state index in [1.54, 1.807) is 0 Å². The van der Waals surface area contributed by atoms with Crippen molar-refractivity contribution < 1.29 is 14.6 Å². The standard InChI is InChI=1S/C14H20O3/c1-11(2)8-9-16-13-4-6-14(7-5-13)17-12(3)10-15/h4-8,12,15H,9-10H2,1-3H3. The van der Waals surface area contributed by atoms with Gasteiger partial charge in [0.1, 0.15) is 24.2 Å². The van der Waals surface area contributed by atoms with Crippen LogP contribution in [0, 0.1) is 0 Å². The molecule has 0 saturated heterocycles. The van der Waals surface area contributed by atoms with Gasteiger partial charge in [-0.1, -0.05) is 5.57 Å². The summed E-state index contributed by atoms with van der Waals surface area (Å²) in [6.45, 7) is 6.49. The third-order valence-corrected chi connectivity index (χ3v) is 2.16. The minimum absolute atomic E-state index is 0.0127. The third-order valence-electron chi connectivity index (χ3n) is 2.16. The molecule has 0 aromatic heterocycles. The molecule has 1 N–H and O–H groups in total. The second-order valence-electron chi connectivity index (χ2n) is 4.17. The Labute approximate surface area is 103 Å². The number of benzene rings is 1. The van der Waals surface area contributed by atoms with E-state index in [2.05, 4.69) is 0 Å². The molecular weight excluding hydrogens is 216 g/mol. The molecule has 1 rings (SSSR count). The smallest absolute Gasteiger partial charge is 0.120 e. The molecule has 0 fully saturated rings. The van der Waals surface area contributed by atoms with Crippen LogP contribution < -0.4 is 9.47 Å². The molecule has 0 amide bonds. The molecule has 17 heavy (non-hydrogen) atoms. The summed E-state index contributed by atoms with van der Waals surface area (Å²) in [4.78, 5) is 0. The van der Waals surface area contributed by atoms with Crippen LogP contribution in [0.3, 0.4) is 0 Å². The first-order chi connectivity index (χ1) is 8.11. The van der Waals surface area contributed by atoms with Crippen LogP contribution in [0.5, 0.6) is 11.5 Å². The van der Waals surface area contributed by atoms with Gasteiger partial charge in [0.25, 0.3) is 0 Å². The van der Waals surface area contributed by atoms with E-state index in [0.29, 0.717) is 6.61 Å². The molecule has 0 aliphatic heterocycles. The molecule has 0 radical (unpaired) electrons. The molecule has 94 valence electrons. The zero-order chi connectivity index (χ0) is 12.7. The molecule has 3 heteroatoms. The maximum absolute atomic E-state index is 8.86. The summed E-state index contributed by atoms with van der Waals surface area (Å²) in [5.41, 5.74) is 1.24. The molecule has 1 aromatic carbocycles. The summed E-state index contributed by atoms with van der Waals surface area (Å²) in [5.74, 6) is 1.55. The third kappa shape index (κ3) is 5.41. The van der Waals surface area contributed by atoms with Crippen LogP contribution >= 0.6 is 0 Å². The van der Waals surface area contributed by atoms with Crippen molar-refractivity contribution in [2.45, 2.75) is 26.9 Å². The van der Waals surface area contributed by atoms with Gasteiger partial charge < -0.3 is 14.6 Å². The second kappa shape index (κ2) is 6.97. The first kappa shape index (κ1) is 13.6. The largest absolute Gasteiger partial charge is 0.490 e. The zero-order valence-corrected chi connectivity index (χ0v) is 10.6. The summed E-state index contributed by atoms with van der Waals surface area (Å²) >= 11 is 0. The normalized spacial score (nSPS) is 11.8. The Hall–Kier alpha value is -1.48. The Morgan fingerprint density at radius 2 is 1.82 bits per heavy atom. The highest BCUT2D eigenvalue weighted by atomic mass is 16.5. The highest BCUT2D eigenvalue weighted by Crippen LogP contribution is 2.18. The van der Waals surface area contributed by atoms with Crippen molar-refractivity contribution in [1.82, 2.24) is 0 Å². The lowest BCUT2D eigenvalue weighted by Crippen LogP contribution is -2.15. The maximum Gasteiger partial charge on any atom is 0.120 e. The topological polar surface area (TPSA) is 38.7 Å². The van der Waals surface area contributed by atoms with Gasteiger partial charge in [0.2, 0.25) is 0 Å². The lowest BCUT2D eigenvalue weighted by molar-refractivity contribution is 0.129. The van der Waals surface area contributed by atoms with Crippen LogP contribution in [-0.4, -0.2) is 24.4 Å². The van der Waals surface area contributed by atoms with Crippen LogP contribution in [0.25, 0.3) is 0 Å². The van der Waals surface area contributed by atoms with Crippen molar-refractivity contribution >= 4 is 0 Å². The number of rotatable bonds is 6. The van der Waals surface area contributed by atoms with Gasteiger partial charge in [0, 0.05) is 0 Å². The van der Waals surface area contributed by atoms with Gasteiger partial charge in [-0.05, 0) is 51.1 Å². The minimum atomic E-state index is -0.188. The first-order valence-electron chi connectivity index (χ1n) is 5.75. The molecule has 1 aromatic rings. The predicted molar refractivity (Wildman–Crippen MR) is 68.5 cm³/mol. The predicted octanol–water partition coefficient (Wildman–Crippen LogP) is 2.79. The van der Waals surface area contributed by atoms with Crippen LogP contribution in [0.15, 0.2) is 35.9 Å². The molecule has 0 aliphatic rings. The van der Waals surface area contributed by atoms with E-state index >= 15 is 0 Å². The van der Waals surface area contributed by atoms with Gasteiger partial charge in [-0.15, -0.1) is 0 Å². The van der Waals surface area contributed by atoms with E-state index in [4.69, 9.17) is 14.6 Å². The molecule has 0 bridgehead atoms. The van der Waals surface area contributed by atoms with Gasteiger partial charge >= 0.3 is 0 Å². The fourth-order valence-electron chi connectivity index (χ4n) is 1.19. The SMILES string of the molecule is CC(C)=CCOc1ccc(OC(C)CO)cc1. The summed E-state index contributed by atoms with van der Waals surface area (Å²) < 4.78 is 11.0. The Kier molecular flexibility index (Phi) is 5.57. The number of ether oxygens (including phenoxy) is 2. The van der Waals surface area contributed by atoms with E-state index in [-0.39, 0.29) is 12.7 Å². The van der Waals surface area contributed by atoms with Crippen LogP contribution in [0.1, 0.15) is 20.8 Å². The van der Waals surface area contributed by atoms with Crippen LogP contribution in [0.4, 0.5) is 0 Å². The van der Waals surface area contributed by atoms with E-state index in [9.17, 15) is 0 Å². The van der Waals surface area contributed by atoms with Gasteiger partial charge in [0.05, 0.1) is 6.61 Å². The highest BCUT2D eigenvalue weighted by molar-refractivity contribution is 5.31. The van der Waals surface area contributed by atoms with Gasteiger partial charge in [0.15, 0.2) is 0 Å². The Morgan fingerprint density at radius 1 is 1.24 bits per heavy atom. The fourth-order valence-corrected chi connectivity index (χ4v) is 1.19. The van der Waals surface area contributed by atoms with Crippen LogP contribution in [-0.2, 0) is 0 Å². The average Bonchev–Trinajstić information content (AvgIpc) is 2.31. The molecule has 1 atom stereocenters. The Bertz CT molecular complexity index is 350. The molecule has 0 spiro atoms. The highest BCUT2D eigenvalue weighted by Gasteiger charge is 2.01. The van der Waals surface area contributed by atoms with Crippen molar-refractivity contribution in [2.75, 3.05) is 13.2 Å². The molecule has 0 aliphatic carbocycles. The van der Waals surface area contributed by atoms with E-state index in [1.165, 1.54) is 5.57 Å². The van der Waals surface area contributed by atoms with Crippen LogP contribution in [0.2, 0.25) is 0 Å². The first-order valence-corrected chi connectivity index (χ1v) is 5.75. The van der Waals surface area contributed by atoms with Gasteiger partial charge in [-0.25, -0.2) is 0 Å². The molecule has 0 heterocycles. The molecular formula is C14H20O3. The lowest BCUT2D eigenvalue weighted by atomic mass is 10.3. The second-order valence-corrected chi connectivity index (χ2v) is 4.17. The maximum atomic E-state index is 8.86. The monoisotopic (exact) mass is 236 g/mol. The van der Waals surface area contributed by atoms with E-state index in [1.807, 2.05) is 51.1 Å². The number of aliphatic hydroxyl groups is 1. The Morgan fingerprint density at radius 3 is 2.35 bits per heavy atom. The summed E-state index contributed by atoms with van der Waals surface area (Å²) in [6.07, 6.45) is 1.84. The fraction of sp³-hybridized carbons (Fsp3) is 0.429. The zero-order valence-electron chi connectivity index (χ0n) is 10.6. The van der Waals surface area contributed by atoms with Crippen molar-refractivity contribution in [3.63, 3.8) is 0 Å². The molecule has 1 unspecified atom stereocenters. The summed E-state index contributed by atoms with van der Waals surface area (Å²) in [7, 11) is 0. The number of aliphatic hydroxyl groups excluding tert-OH is 1. The Balaban J connectivity index is 2.47. The minimum Gasteiger partial charge on any atom is -0.490 e. The number of allylic oxidation sites excluding steroid dienone is 1. The van der Waals surface area contributed by atoms with Gasteiger partial charge in [-0.3, -0.25) is 0 Å². The lowest BCUT2D eigenvalue weighted by Gasteiger charge is -2.12. The van der Waals surface area contributed by atoms with Crippen molar-refractivity contribution in [1.29, 1.82) is 0 Å². The van der Waals surface area contributed by atoms with Gasteiger partial charge in [-0.2, -0.15) is 0 Å². The molecule has 0 saturated carbocycles. The molecule has 3 nitrogen and oxygen atoms in total. The summed E-state index contributed by atoms with van der Waals surface area (Å²) in [6, 6.07) is 7.39. The average molecular weight is 236 g/mol. The number of hydrogen-bond acceptors (Lipinski definition) is 3. The number of hydrogen-bond donors (Lipinski definition) is 1. The van der Waals surface area contributed by atoms with E-state index in [0.717, 1.165) is 11.5 Å². The van der Waals surface area contributed by atoms with E-state index < -0.39 is 0 Å². The summed E-state index contributed by atoms with van der Waals surface area (Å²) in [5, 5.41) is 8.86. The van der Waals surface area contributed by atoms with Crippen molar-refractivity contribution in [2.24, 2.45) is 0 Å². The quantitative estimate of drug-likeness (QED) is 0.772. The van der Waals surface area contributed by atoms with Crippen molar-refractivity contribution in [3.8, 4) is 11.5 Å². The van der Waals surface area contributed by atoms with Crippen molar-refractivity contribution in [3.05, 3.63) is 35.9 Å².